The highest BCUT2D eigenvalue weighted by molar-refractivity contribution is 6.32. The lowest BCUT2D eigenvalue weighted by molar-refractivity contribution is 0.301. The molecular weight excluding hydrogens is 386 g/mol. The number of hydrogen-bond donors (Lipinski definition) is 2. The van der Waals surface area contributed by atoms with Crippen molar-refractivity contribution in [1.82, 2.24) is 15.0 Å². The van der Waals surface area contributed by atoms with Crippen molar-refractivity contribution in [2.45, 2.75) is 6.61 Å². The SMILES string of the molecule is Nc1cccc(-c2cncnc2Nc2ccc(OCc3ccccn3)c(Cl)c2)c1. The molecule has 0 fully saturated rings. The molecule has 0 aliphatic rings. The van der Waals surface area contributed by atoms with Crippen LogP contribution < -0.4 is 15.8 Å². The fourth-order valence-corrected chi connectivity index (χ4v) is 3.05. The third-order valence-electron chi connectivity index (χ3n) is 4.21. The Balaban J connectivity index is 1.53. The molecule has 3 N–H and O–H groups in total. The fraction of sp³-hybridized carbons (Fsp3) is 0.0455. The quantitative estimate of drug-likeness (QED) is 0.436. The summed E-state index contributed by atoms with van der Waals surface area (Å²) in [7, 11) is 0. The molecule has 2 aromatic heterocycles. The molecule has 0 atom stereocenters. The number of rotatable bonds is 6. The first kappa shape index (κ1) is 18.7. The van der Waals surface area contributed by atoms with E-state index in [1.807, 2.05) is 54.6 Å². The van der Waals surface area contributed by atoms with Gasteiger partial charge in [0.1, 0.15) is 24.5 Å². The van der Waals surface area contributed by atoms with Crippen LogP contribution in [0.1, 0.15) is 5.69 Å². The van der Waals surface area contributed by atoms with Gasteiger partial charge in [0.05, 0.1) is 10.7 Å². The van der Waals surface area contributed by atoms with Crippen molar-refractivity contribution in [1.29, 1.82) is 0 Å². The van der Waals surface area contributed by atoms with Crippen LogP contribution in [-0.2, 0) is 6.61 Å². The minimum Gasteiger partial charge on any atom is -0.486 e. The van der Waals surface area contributed by atoms with E-state index < -0.39 is 0 Å². The number of halogens is 1. The predicted molar refractivity (Wildman–Crippen MR) is 115 cm³/mol. The average molecular weight is 404 g/mol. The molecule has 29 heavy (non-hydrogen) atoms. The van der Waals surface area contributed by atoms with Crippen molar-refractivity contribution in [3.05, 3.63) is 90.1 Å². The lowest BCUT2D eigenvalue weighted by Gasteiger charge is -2.13. The monoisotopic (exact) mass is 403 g/mol. The van der Waals surface area contributed by atoms with E-state index in [9.17, 15) is 0 Å². The minimum atomic E-state index is 0.346. The van der Waals surface area contributed by atoms with E-state index in [0.717, 1.165) is 22.5 Å². The maximum Gasteiger partial charge on any atom is 0.141 e. The molecule has 0 aliphatic heterocycles. The van der Waals surface area contributed by atoms with Gasteiger partial charge in [-0.05, 0) is 48.0 Å². The van der Waals surface area contributed by atoms with Gasteiger partial charge in [0, 0.05) is 29.3 Å². The highest BCUT2D eigenvalue weighted by Gasteiger charge is 2.10. The van der Waals surface area contributed by atoms with Crippen LogP contribution in [-0.4, -0.2) is 15.0 Å². The molecule has 0 radical (unpaired) electrons. The van der Waals surface area contributed by atoms with E-state index in [2.05, 4.69) is 20.3 Å². The molecule has 2 heterocycles. The van der Waals surface area contributed by atoms with Crippen molar-refractivity contribution in [2.24, 2.45) is 0 Å². The summed E-state index contributed by atoms with van der Waals surface area (Å²) in [5.74, 6) is 1.24. The molecular formula is C22H18ClN5O. The summed E-state index contributed by atoms with van der Waals surface area (Å²) in [5, 5.41) is 3.78. The Morgan fingerprint density at radius 3 is 2.72 bits per heavy atom. The zero-order valence-corrected chi connectivity index (χ0v) is 16.2. The van der Waals surface area contributed by atoms with Crippen LogP contribution in [0.25, 0.3) is 11.1 Å². The zero-order valence-electron chi connectivity index (χ0n) is 15.4. The summed E-state index contributed by atoms with van der Waals surface area (Å²) < 4.78 is 5.77. The first-order chi connectivity index (χ1) is 14.2. The Labute approximate surface area is 173 Å². The standard InChI is InChI=1S/C22H18ClN5O/c23-20-11-17(7-8-21(20)29-13-18-6-1-2-9-26-18)28-22-19(12-25-14-27-22)15-4-3-5-16(24)10-15/h1-12,14H,13,24H2,(H,25,27,28). The Morgan fingerprint density at radius 2 is 1.93 bits per heavy atom. The van der Waals surface area contributed by atoms with E-state index in [4.69, 9.17) is 22.1 Å². The number of pyridine rings is 1. The first-order valence-electron chi connectivity index (χ1n) is 8.94. The number of aromatic nitrogens is 3. The second kappa shape index (κ2) is 8.58. The van der Waals surface area contributed by atoms with E-state index >= 15 is 0 Å². The van der Waals surface area contributed by atoms with Crippen LogP contribution in [0, 0.1) is 0 Å². The summed E-state index contributed by atoms with van der Waals surface area (Å²) in [6.45, 7) is 0.346. The number of benzene rings is 2. The van der Waals surface area contributed by atoms with Crippen LogP contribution in [0.2, 0.25) is 5.02 Å². The molecule has 7 heteroatoms. The second-order valence-corrected chi connectivity index (χ2v) is 6.70. The smallest absolute Gasteiger partial charge is 0.141 e. The van der Waals surface area contributed by atoms with Gasteiger partial charge in [-0.1, -0.05) is 29.8 Å². The van der Waals surface area contributed by atoms with Crippen LogP contribution in [0.4, 0.5) is 17.2 Å². The van der Waals surface area contributed by atoms with Crippen molar-refractivity contribution in [2.75, 3.05) is 11.1 Å². The van der Waals surface area contributed by atoms with Crippen molar-refractivity contribution >= 4 is 28.8 Å². The third-order valence-corrected chi connectivity index (χ3v) is 4.50. The topological polar surface area (TPSA) is 86.0 Å². The molecule has 6 nitrogen and oxygen atoms in total. The number of nitrogen functional groups attached to an aromatic ring is 1. The number of ether oxygens (including phenoxy) is 1. The molecule has 0 bridgehead atoms. The zero-order chi connectivity index (χ0) is 20.1. The second-order valence-electron chi connectivity index (χ2n) is 6.29. The molecule has 4 rings (SSSR count). The van der Waals surface area contributed by atoms with Crippen LogP contribution in [0.15, 0.2) is 79.4 Å². The molecule has 0 saturated carbocycles. The van der Waals surface area contributed by atoms with Gasteiger partial charge in [0.15, 0.2) is 0 Å². The van der Waals surface area contributed by atoms with Gasteiger partial charge in [-0.3, -0.25) is 4.98 Å². The van der Waals surface area contributed by atoms with Gasteiger partial charge in [0.2, 0.25) is 0 Å². The molecule has 144 valence electrons. The summed E-state index contributed by atoms with van der Waals surface area (Å²) in [4.78, 5) is 12.7. The molecule has 4 aromatic rings. The Kier molecular flexibility index (Phi) is 5.54. The molecule has 2 aromatic carbocycles. The van der Waals surface area contributed by atoms with Gasteiger partial charge in [-0.15, -0.1) is 0 Å². The molecule has 0 spiro atoms. The van der Waals surface area contributed by atoms with E-state index in [-0.39, 0.29) is 0 Å². The first-order valence-corrected chi connectivity index (χ1v) is 9.32. The normalized spacial score (nSPS) is 10.5. The molecule has 0 unspecified atom stereocenters. The van der Waals surface area contributed by atoms with Gasteiger partial charge >= 0.3 is 0 Å². The number of nitrogens with two attached hydrogens (primary N) is 1. The Hall–Kier alpha value is -3.64. The largest absolute Gasteiger partial charge is 0.486 e. The predicted octanol–water partition coefficient (Wildman–Crippen LogP) is 5.10. The summed E-state index contributed by atoms with van der Waals surface area (Å²) in [5.41, 5.74) is 9.96. The summed E-state index contributed by atoms with van der Waals surface area (Å²) >= 11 is 6.40. The molecule has 0 saturated heterocycles. The lowest BCUT2D eigenvalue weighted by atomic mass is 10.1. The van der Waals surface area contributed by atoms with Gasteiger partial charge in [-0.2, -0.15) is 0 Å². The number of hydrogen-bond acceptors (Lipinski definition) is 6. The van der Waals surface area contributed by atoms with Crippen LogP contribution >= 0.6 is 11.6 Å². The van der Waals surface area contributed by atoms with Crippen molar-refractivity contribution in [3.8, 4) is 16.9 Å². The fourth-order valence-electron chi connectivity index (χ4n) is 2.81. The van der Waals surface area contributed by atoms with E-state index in [1.165, 1.54) is 6.33 Å². The maximum atomic E-state index is 6.40. The van der Waals surface area contributed by atoms with Crippen molar-refractivity contribution < 1.29 is 4.74 Å². The van der Waals surface area contributed by atoms with E-state index in [1.54, 1.807) is 18.5 Å². The Morgan fingerprint density at radius 1 is 1.00 bits per heavy atom. The maximum absolute atomic E-state index is 6.40. The van der Waals surface area contributed by atoms with Crippen LogP contribution in [0.5, 0.6) is 5.75 Å². The third kappa shape index (κ3) is 4.62. The minimum absolute atomic E-state index is 0.346. The summed E-state index contributed by atoms with van der Waals surface area (Å²) in [6, 6.07) is 18.7. The van der Waals surface area contributed by atoms with Gasteiger partial charge in [-0.25, -0.2) is 9.97 Å². The van der Waals surface area contributed by atoms with Crippen LogP contribution in [0.3, 0.4) is 0 Å². The highest BCUT2D eigenvalue weighted by atomic mass is 35.5. The lowest BCUT2D eigenvalue weighted by Crippen LogP contribution is -2.00. The number of nitrogens with one attached hydrogen (secondary N) is 1. The average Bonchev–Trinajstić information content (AvgIpc) is 2.74. The summed E-state index contributed by atoms with van der Waals surface area (Å²) in [6.07, 6.45) is 4.97. The van der Waals surface area contributed by atoms with Gasteiger partial charge < -0.3 is 15.8 Å². The highest BCUT2D eigenvalue weighted by Crippen LogP contribution is 2.32. The molecule has 0 aliphatic carbocycles. The van der Waals surface area contributed by atoms with E-state index in [0.29, 0.717) is 28.9 Å². The molecule has 0 amide bonds. The number of anilines is 3. The van der Waals surface area contributed by atoms with Gasteiger partial charge in [0.25, 0.3) is 0 Å². The number of nitrogens with zero attached hydrogens (tertiary/aromatic N) is 3. The Bertz CT molecular complexity index is 1120. The van der Waals surface area contributed by atoms with Crippen molar-refractivity contribution in [3.63, 3.8) is 0 Å².